The van der Waals surface area contributed by atoms with Crippen LogP contribution >= 0.6 is 7.82 Å². The second kappa shape index (κ2) is 30.1. The van der Waals surface area contributed by atoms with Gasteiger partial charge in [-0.25, -0.2) is 0 Å². The van der Waals surface area contributed by atoms with Crippen molar-refractivity contribution in [3.63, 3.8) is 0 Å². The van der Waals surface area contributed by atoms with Crippen LogP contribution in [0.3, 0.4) is 0 Å². The molecule has 2 unspecified atom stereocenters. The summed E-state index contributed by atoms with van der Waals surface area (Å²) in [5.74, 6) is -0.393. The van der Waals surface area contributed by atoms with Gasteiger partial charge in [0.2, 0.25) is 0 Å². The van der Waals surface area contributed by atoms with E-state index in [1.165, 1.54) is 70.6 Å². The Morgan fingerprint density at radius 2 is 1.22 bits per heavy atom. The van der Waals surface area contributed by atoms with Gasteiger partial charge in [-0.1, -0.05) is 108 Å². The van der Waals surface area contributed by atoms with Gasteiger partial charge in [-0.3, -0.25) is 9.36 Å². The molecule has 2 atom stereocenters. The molecule has 0 bridgehead atoms. The van der Waals surface area contributed by atoms with Gasteiger partial charge in [0.15, 0.2) is 0 Å². The summed E-state index contributed by atoms with van der Waals surface area (Å²) in [5, 5.41) is 0. The number of phosphoric ester groups is 1. The van der Waals surface area contributed by atoms with Crippen LogP contribution in [0.1, 0.15) is 129 Å². The first-order chi connectivity index (χ1) is 21.6. The average Bonchev–Trinajstić information content (AvgIpc) is 2.97. The number of allylic oxidation sites excluding steroid dienone is 6. The molecule has 0 aliphatic carbocycles. The van der Waals surface area contributed by atoms with Crippen molar-refractivity contribution in [1.29, 1.82) is 0 Å². The lowest BCUT2D eigenvalue weighted by molar-refractivity contribution is -0.870. The van der Waals surface area contributed by atoms with Crippen molar-refractivity contribution in [2.45, 2.75) is 136 Å². The number of ether oxygens (including phenoxy) is 2. The predicted molar refractivity (Wildman–Crippen MR) is 185 cm³/mol. The van der Waals surface area contributed by atoms with Crippen LogP contribution in [0.2, 0.25) is 0 Å². The van der Waals surface area contributed by atoms with E-state index in [2.05, 4.69) is 43.4 Å². The molecule has 0 saturated carbocycles. The molecule has 0 aromatic rings. The summed E-state index contributed by atoms with van der Waals surface area (Å²) >= 11 is 0. The van der Waals surface area contributed by atoms with Gasteiger partial charge in [0.25, 0.3) is 7.82 Å². The summed E-state index contributed by atoms with van der Waals surface area (Å²) in [4.78, 5) is 24.1. The Labute approximate surface area is 276 Å². The number of rotatable bonds is 32. The van der Waals surface area contributed by atoms with Crippen LogP contribution in [-0.4, -0.2) is 70.7 Å². The highest BCUT2D eigenvalue weighted by molar-refractivity contribution is 7.45. The first-order valence-corrected chi connectivity index (χ1v) is 19.2. The molecule has 45 heavy (non-hydrogen) atoms. The fourth-order valence-electron chi connectivity index (χ4n) is 4.41. The molecular formula is C36H68NO7P. The molecule has 0 spiro atoms. The van der Waals surface area contributed by atoms with Crippen molar-refractivity contribution in [3.8, 4) is 0 Å². The largest absolute Gasteiger partial charge is 0.756 e. The summed E-state index contributed by atoms with van der Waals surface area (Å²) in [6.07, 6.45) is 33.1. The number of carbonyl (C=O) groups excluding carboxylic acids is 1. The number of carbonyl (C=O) groups is 1. The molecule has 0 radical (unpaired) electrons. The third-order valence-electron chi connectivity index (χ3n) is 7.16. The van der Waals surface area contributed by atoms with Crippen LogP contribution in [0, 0.1) is 0 Å². The maximum Gasteiger partial charge on any atom is 0.306 e. The van der Waals surface area contributed by atoms with Gasteiger partial charge >= 0.3 is 5.97 Å². The fraction of sp³-hybridized carbons (Fsp3) is 0.806. The van der Waals surface area contributed by atoms with E-state index in [-0.39, 0.29) is 26.2 Å². The number of unbranched alkanes of at least 4 members (excludes halogenated alkanes) is 12. The van der Waals surface area contributed by atoms with Crippen molar-refractivity contribution in [2.75, 3.05) is 54.1 Å². The van der Waals surface area contributed by atoms with Gasteiger partial charge in [-0.2, -0.15) is 0 Å². The quantitative estimate of drug-likeness (QED) is 0.0235. The fourth-order valence-corrected chi connectivity index (χ4v) is 5.14. The van der Waals surface area contributed by atoms with E-state index in [0.29, 0.717) is 24.1 Å². The molecule has 0 saturated heterocycles. The highest BCUT2D eigenvalue weighted by atomic mass is 31.2. The van der Waals surface area contributed by atoms with Gasteiger partial charge in [-0.05, 0) is 51.4 Å². The van der Waals surface area contributed by atoms with Crippen LogP contribution in [-0.2, 0) is 27.9 Å². The van der Waals surface area contributed by atoms with E-state index in [0.717, 1.165) is 32.1 Å². The number of nitrogens with zero attached hydrogens (tertiary/aromatic N) is 1. The Morgan fingerprint density at radius 3 is 1.78 bits per heavy atom. The molecule has 0 amide bonds. The molecule has 0 aliphatic rings. The van der Waals surface area contributed by atoms with Gasteiger partial charge in [0.1, 0.15) is 19.3 Å². The monoisotopic (exact) mass is 657 g/mol. The topological polar surface area (TPSA) is 94.1 Å². The van der Waals surface area contributed by atoms with Crippen molar-refractivity contribution in [3.05, 3.63) is 36.5 Å². The molecule has 0 fully saturated rings. The summed E-state index contributed by atoms with van der Waals surface area (Å²) < 4.78 is 33.7. The number of likely N-dealkylation sites (N-methyl/N-ethyl adjacent to an activating group) is 1. The Balaban J connectivity index is 3.86. The minimum atomic E-state index is -4.49. The van der Waals surface area contributed by atoms with E-state index < -0.39 is 19.9 Å². The average molecular weight is 658 g/mol. The number of hydrogen-bond donors (Lipinski definition) is 0. The smallest absolute Gasteiger partial charge is 0.306 e. The second-order valence-electron chi connectivity index (χ2n) is 12.9. The maximum atomic E-state index is 12.1. The Bertz CT molecular complexity index is 823. The Hall–Kier alpha value is -1.28. The molecule has 0 aliphatic heterocycles. The van der Waals surface area contributed by atoms with E-state index in [1.54, 1.807) is 0 Å². The zero-order valence-electron chi connectivity index (χ0n) is 29.6. The highest BCUT2D eigenvalue weighted by Gasteiger charge is 2.20. The standard InChI is InChI=1S/C36H68NO7P/c1-6-8-9-10-11-12-13-14-15-16-17-18-19-20-21-22-23-24-25-26-27-28-31-41-33-35(44-36(38)29-7-2)34-43-45(39,40)42-32-30-37(3,4)5/h13-14,16-17,19-20,35H,6-12,15,18,21-34H2,1-5H3/b14-13-,17-16-,20-19-. The summed E-state index contributed by atoms with van der Waals surface area (Å²) in [6, 6.07) is 0. The third kappa shape index (κ3) is 33.9. The van der Waals surface area contributed by atoms with Crippen LogP contribution in [0.15, 0.2) is 36.5 Å². The van der Waals surface area contributed by atoms with Gasteiger partial charge in [0, 0.05) is 13.0 Å². The van der Waals surface area contributed by atoms with Crippen LogP contribution in [0.25, 0.3) is 0 Å². The first-order valence-electron chi connectivity index (χ1n) is 17.7. The van der Waals surface area contributed by atoms with E-state index >= 15 is 0 Å². The van der Waals surface area contributed by atoms with Crippen molar-refractivity contribution in [2.24, 2.45) is 0 Å². The molecule has 0 heterocycles. The number of phosphoric acid groups is 1. The van der Waals surface area contributed by atoms with Crippen molar-refractivity contribution < 1.29 is 37.3 Å². The molecule has 0 N–H and O–H groups in total. The molecule has 0 rings (SSSR count). The Morgan fingerprint density at radius 1 is 0.689 bits per heavy atom. The molecule has 8 nitrogen and oxygen atoms in total. The SMILES string of the molecule is CCCCCCC/C=C\C/C=C\C/C=C\CCCCCCCCCOCC(COP(=O)([O-])OCC[N+](C)(C)C)OC(=O)CCC. The third-order valence-corrected chi connectivity index (χ3v) is 8.13. The van der Waals surface area contributed by atoms with Crippen LogP contribution in [0.5, 0.6) is 0 Å². The lowest BCUT2D eigenvalue weighted by Gasteiger charge is -2.28. The zero-order chi connectivity index (χ0) is 33.5. The minimum absolute atomic E-state index is 0.0216. The van der Waals surface area contributed by atoms with Gasteiger partial charge in [-0.15, -0.1) is 0 Å². The number of quaternary nitrogens is 1. The van der Waals surface area contributed by atoms with E-state index in [1.807, 2.05) is 28.1 Å². The minimum Gasteiger partial charge on any atom is -0.756 e. The van der Waals surface area contributed by atoms with Crippen molar-refractivity contribution in [1.82, 2.24) is 0 Å². The summed E-state index contributed by atoms with van der Waals surface area (Å²) in [6.45, 7) is 4.98. The normalized spacial score (nSPS) is 14.5. The lowest BCUT2D eigenvalue weighted by Crippen LogP contribution is -2.37. The van der Waals surface area contributed by atoms with Crippen LogP contribution in [0.4, 0.5) is 0 Å². The molecule has 264 valence electrons. The summed E-state index contributed by atoms with van der Waals surface area (Å²) in [5.41, 5.74) is 0. The number of hydrogen-bond acceptors (Lipinski definition) is 7. The van der Waals surface area contributed by atoms with Gasteiger partial charge in [0.05, 0.1) is 34.4 Å². The Kier molecular flexibility index (Phi) is 29.2. The maximum absolute atomic E-state index is 12.1. The van der Waals surface area contributed by atoms with Crippen molar-refractivity contribution >= 4 is 13.8 Å². The van der Waals surface area contributed by atoms with Crippen LogP contribution < -0.4 is 4.89 Å². The molecule has 9 heteroatoms. The highest BCUT2D eigenvalue weighted by Crippen LogP contribution is 2.38. The second-order valence-corrected chi connectivity index (χ2v) is 14.3. The number of esters is 1. The predicted octanol–water partition coefficient (Wildman–Crippen LogP) is 8.85. The molecule has 0 aromatic heterocycles. The first kappa shape index (κ1) is 43.7. The molecular weight excluding hydrogens is 589 g/mol. The molecule has 0 aromatic carbocycles. The van der Waals surface area contributed by atoms with Gasteiger partial charge < -0.3 is 27.9 Å². The lowest BCUT2D eigenvalue weighted by atomic mass is 10.1. The van der Waals surface area contributed by atoms with E-state index in [4.69, 9.17) is 18.5 Å². The van der Waals surface area contributed by atoms with E-state index in [9.17, 15) is 14.3 Å². The summed E-state index contributed by atoms with van der Waals surface area (Å²) in [7, 11) is 1.34. The zero-order valence-corrected chi connectivity index (χ0v) is 30.5.